The standard InChI is InChI=1S/C18H25ClFN/c1-6-14-8-9-16(20)10-15(14)12-21-17(7-2)11-18(4,5)13(3)19/h6,8-10,12-13,17H,1,7,11H2,2-5H3. The van der Waals surface area contributed by atoms with Crippen molar-refractivity contribution in [3.8, 4) is 0 Å². The van der Waals surface area contributed by atoms with Crippen molar-refractivity contribution in [1.82, 2.24) is 0 Å². The molecule has 0 amide bonds. The van der Waals surface area contributed by atoms with E-state index >= 15 is 0 Å². The highest BCUT2D eigenvalue weighted by molar-refractivity contribution is 6.20. The highest BCUT2D eigenvalue weighted by Crippen LogP contribution is 2.32. The van der Waals surface area contributed by atoms with Crippen LogP contribution in [-0.4, -0.2) is 17.6 Å². The van der Waals surface area contributed by atoms with E-state index in [0.29, 0.717) is 0 Å². The second kappa shape index (κ2) is 7.74. The Hall–Kier alpha value is -1.15. The second-order valence-corrected chi connectivity index (χ2v) is 6.78. The highest BCUT2D eigenvalue weighted by Gasteiger charge is 2.27. The second-order valence-electron chi connectivity index (χ2n) is 6.13. The molecule has 1 rings (SSSR count). The average molecular weight is 310 g/mol. The van der Waals surface area contributed by atoms with Crippen LogP contribution >= 0.6 is 11.6 Å². The molecule has 1 aromatic carbocycles. The number of benzene rings is 1. The molecular formula is C18H25ClFN. The molecule has 0 aliphatic carbocycles. The third kappa shape index (κ3) is 5.28. The molecule has 21 heavy (non-hydrogen) atoms. The Bertz CT molecular complexity index is 506. The largest absolute Gasteiger partial charge is 0.289 e. The van der Waals surface area contributed by atoms with Crippen LogP contribution in [0.3, 0.4) is 0 Å². The lowest BCUT2D eigenvalue weighted by atomic mass is 9.82. The van der Waals surface area contributed by atoms with E-state index in [2.05, 4.69) is 32.3 Å². The van der Waals surface area contributed by atoms with Crippen molar-refractivity contribution in [2.24, 2.45) is 10.4 Å². The summed E-state index contributed by atoms with van der Waals surface area (Å²) in [4.78, 5) is 4.63. The monoisotopic (exact) mass is 309 g/mol. The molecule has 0 radical (unpaired) electrons. The van der Waals surface area contributed by atoms with Crippen LogP contribution in [0.1, 0.15) is 51.7 Å². The topological polar surface area (TPSA) is 12.4 Å². The van der Waals surface area contributed by atoms with Crippen LogP contribution in [-0.2, 0) is 0 Å². The summed E-state index contributed by atoms with van der Waals surface area (Å²) in [7, 11) is 0. The zero-order valence-corrected chi connectivity index (χ0v) is 14.1. The van der Waals surface area contributed by atoms with Gasteiger partial charge in [-0.2, -0.15) is 0 Å². The van der Waals surface area contributed by atoms with Crippen molar-refractivity contribution in [2.75, 3.05) is 0 Å². The number of hydrogen-bond donors (Lipinski definition) is 0. The maximum atomic E-state index is 13.4. The molecule has 1 aromatic rings. The van der Waals surface area contributed by atoms with Gasteiger partial charge in [0, 0.05) is 17.2 Å². The number of hydrogen-bond acceptors (Lipinski definition) is 1. The fourth-order valence-corrected chi connectivity index (χ4v) is 2.19. The first kappa shape index (κ1) is 17.9. The molecule has 0 aromatic heterocycles. The van der Waals surface area contributed by atoms with Crippen LogP contribution in [0.2, 0.25) is 0 Å². The minimum Gasteiger partial charge on any atom is -0.289 e. The molecule has 0 aliphatic heterocycles. The lowest BCUT2D eigenvalue weighted by molar-refractivity contribution is 0.297. The molecule has 3 heteroatoms. The Morgan fingerprint density at radius 3 is 2.57 bits per heavy atom. The molecule has 2 unspecified atom stereocenters. The summed E-state index contributed by atoms with van der Waals surface area (Å²) < 4.78 is 13.4. The van der Waals surface area contributed by atoms with Crippen molar-refractivity contribution in [3.05, 3.63) is 41.7 Å². The Kier molecular flexibility index (Phi) is 6.60. The van der Waals surface area contributed by atoms with Gasteiger partial charge in [0.15, 0.2) is 0 Å². The lowest BCUT2D eigenvalue weighted by Gasteiger charge is -2.30. The molecular weight excluding hydrogens is 285 g/mol. The first-order valence-corrected chi connectivity index (χ1v) is 7.83. The number of halogens is 2. The predicted octanol–water partition coefficient (Wildman–Crippen LogP) is 5.71. The number of alkyl halides is 1. The van der Waals surface area contributed by atoms with Crippen LogP contribution in [0.15, 0.2) is 29.8 Å². The van der Waals surface area contributed by atoms with E-state index in [9.17, 15) is 4.39 Å². The molecule has 0 aliphatic rings. The van der Waals surface area contributed by atoms with Gasteiger partial charge in [-0.3, -0.25) is 4.99 Å². The Balaban J connectivity index is 2.91. The van der Waals surface area contributed by atoms with Crippen molar-refractivity contribution >= 4 is 23.9 Å². The van der Waals surface area contributed by atoms with Crippen LogP contribution in [0, 0.1) is 11.2 Å². The van der Waals surface area contributed by atoms with Gasteiger partial charge in [-0.25, -0.2) is 4.39 Å². The minimum absolute atomic E-state index is 0.0166. The third-order valence-corrected chi connectivity index (χ3v) is 4.59. The smallest absolute Gasteiger partial charge is 0.123 e. The van der Waals surface area contributed by atoms with E-state index in [-0.39, 0.29) is 22.7 Å². The quantitative estimate of drug-likeness (QED) is 0.452. The first-order chi connectivity index (χ1) is 9.80. The van der Waals surface area contributed by atoms with Gasteiger partial charge in [-0.15, -0.1) is 11.6 Å². The van der Waals surface area contributed by atoms with Crippen LogP contribution in [0.4, 0.5) is 4.39 Å². The SMILES string of the molecule is C=Cc1ccc(F)cc1C=NC(CC)CC(C)(C)C(C)Cl. The van der Waals surface area contributed by atoms with Crippen molar-refractivity contribution < 1.29 is 4.39 Å². The van der Waals surface area contributed by atoms with Crippen LogP contribution < -0.4 is 0 Å². The molecule has 2 atom stereocenters. The van der Waals surface area contributed by atoms with Gasteiger partial charge in [0.1, 0.15) is 5.82 Å². The zero-order chi connectivity index (χ0) is 16.0. The maximum Gasteiger partial charge on any atom is 0.123 e. The van der Waals surface area contributed by atoms with E-state index in [1.165, 1.54) is 12.1 Å². The van der Waals surface area contributed by atoms with Gasteiger partial charge in [0.25, 0.3) is 0 Å². The summed E-state index contributed by atoms with van der Waals surface area (Å²) in [5, 5.41) is 0.0830. The molecule has 0 bridgehead atoms. The van der Waals surface area contributed by atoms with E-state index in [0.717, 1.165) is 24.0 Å². The normalized spacial score (nSPS) is 15.1. The van der Waals surface area contributed by atoms with Gasteiger partial charge >= 0.3 is 0 Å². The predicted molar refractivity (Wildman–Crippen MR) is 91.9 cm³/mol. The first-order valence-electron chi connectivity index (χ1n) is 7.39. The summed E-state index contributed by atoms with van der Waals surface area (Å²) >= 11 is 6.24. The van der Waals surface area contributed by atoms with Crippen molar-refractivity contribution in [1.29, 1.82) is 0 Å². The highest BCUT2D eigenvalue weighted by atomic mass is 35.5. The molecule has 0 fully saturated rings. The summed E-state index contributed by atoms with van der Waals surface area (Å²) in [6, 6.07) is 4.82. The van der Waals surface area contributed by atoms with E-state index in [1.807, 2.05) is 6.92 Å². The van der Waals surface area contributed by atoms with Gasteiger partial charge < -0.3 is 0 Å². The van der Waals surface area contributed by atoms with Gasteiger partial charge in [0.05, 0.1) is 6.04 Å². The van der Waals surface area contributed by atoms with Crippen molar-refractivity contribution in [2.45, 2.75) is 52.0 Å². The van der Waals surface area contributed by atoms with Crippen LogP contribution in [0.25, 0.3) is 6.08 Å². The van der Waals surface area contributed by atoms with E-state index in [1.54, 1.807) is 18.4 Å². The zero-order valence-electron chi connectivity index (χ0n) is 13.4. The average Bonchev–Trinajstić information content (AvgIpc) is 2.43. The maximum absolute atomic E-state index is 13.4. The minimum atomic E-state index is -0.259. The Morgan fingerprint density at radius 1 is 1.38 bits per heavy atom. The molecule has 116 valence electrons. The van der Waals surface area contributed by atoms with Gasteiger partial charge in [0.2, 0.25) is 0 Å². The molecule has 0 N–H and O–H groups in total. The van der Waals surface area contributed by atoms with Gasteiger partial charge in [-0.05, 0) is 42.9 Å². The number of nitrogens with zero attached hydrogens (tertiary/aromatic N) is 1. The summed E-state index contributed by atoms with van der Waals surface area (Å²) in [5.74, 6) is -0.259. The Morgan fingerprint density at radius 2 is 2.05 bits per heavy atom. The number of rotatable bonds is 7. The summed E-state index contributed by atoms with van der Waals surface area (Å²) in [6.07, 6.45) is 5.31. The third-order valence-electron chi connectivity index (χ3n) is 4.00. The lowest BCUT2D eigenvalue weighted by Crippen LogP contribution is -2.27. The molecule has 0 saturated heterocycles. The van der Waals surface area contributed by atoms with Crippen molar-refractivity contribution in [3.63, 3.8) is 0 Å². The molecule has 1 nitrogen and oxygen atoms in total. The summed E-state index contributed by atoms with van der Waals surface area (Å²) in [5.41, 5.74) is 1.67. The van der Waals surface area contributed by atoms with E-state index < -0.39 is 0 Å². The van der Waals surface area contributed by atoms with Gasteiger partial charge in [-0.1, -0.05) is 39.5 Å². The fraction of sp³-hybridized carbons (Fsp3) is 0.500. The molecule has 0 spiro atoms. The van der Waals surface area contributed by atoms with Crippen LogP contribution in [0.5, 0.6) is 0 Å². The molecule has 0 saturated carbocycles. The summed E-state index contributed by atoms with van der Waals surface area (Å²) in [6.45, 7) is 12.2. The molecule has 0 heterocycles. The Labute approximate surface area is 132 Å². The number of aliphatic imine (C=N–C) groups is 1. The fourth-order valence-electron chi connectivity index (χ4n) is 2.10. The van der Waals surface area contributed by atoms with E-state index in [4.69, 9.17) is 11.6 Å².